The first kappa shape index (κ1) is 14.5. The Balaban J connectivity index is 1.40. The lowest BCUT2D eigenvalue weighted by molar-refractivity contribution is 0.614. The average molecular weight is 325 g/mol. The largest absolute Gasteiger partial charge is 0.424 e. The van der Waals surface area contributed by atoms with Gasteiger partial charge in [0.05, 0.1) is 0 Å². The van der Waals surface area contributed by atoms with Gasteiger partial charge in [-0.05, 0) is 29.8 Å². The van der Waals surface area contributed by atoms with E-state index in [1.165, 1.54) is 22.8 Å². The summed E-state index contributed by atoms with van der Waals surface area (Å²) in [5.74, 6) is 2.45. The summed E-state index contributed by atoms with van der Waals surface area (Å²) in [5, 5.41) is 3.25. The van der Waals surface area contributed by atoms with Crippen LogP contribution in [0.1, 0.15) is 5.56 Å². The van der Waals surface area contributed by atoms with Gasteiger partial charge in [-0.15, -0.1) is 0 Å². The zero-order valence-corrected chi connectivity index (χ0v) is 13.7. The van der Waals surface area contributed by atoms with Gasteiger partial charge < -0.3 is 14.6 Å². The maximum Gasteiger partial charge on any atom is 0.295 e. The molecule has 2 aromatic carbocycles. The SMILES string of the molecule is c1ccc2oc(NCc3ccc(N4CCSCC4)cc3)nc2c1. The predicted molar refractivity (Wildman–Crippen MR) is 97.3 cm³/mol. The van der Waals surface area contributed by atoms with Crippen molar-refractivity contribution in [1.29, 1.82) is 0 Å². The number of oxazole rings is 1. The Morgan fingerprint density at radius 2 is 1.83 bits per heavy atom. The molecule has 0 unspecified atom stereocenters. The van der Waals surface area contributed by atoms with E-state index in [0.717, 1.165) is 24.2 Å². The maximum absolute atomic E-state index is 5.68. The number of para-hydroxylation sites is 2. The number of rotatable bonds is 4. The van der Waals surface area contributed by atoms with E-state index in [9.17, 15) is 0 Å². The molecule has 1 fully saturated rings. The molecule has 4 rings (SSSR count). The van der Waals surface area contributed by atoms with E-state index in [1.807, 2.05) is 36.0 Å². The molecule has 1 aromatic heterocycles. The van der Waals surface area contributed by atoms with Crippen molar-refractivity contribution in [3.63, 3.8) is 0 Å². The summed E-state index contributed by atoms with van der Waals surface area (Å²) in [7, 11) is 0. The smallest absolute Gasteiger partial charge is 0.295 e. The molecule has 0 atom stereocenters. The van der Waals surface area contributed by atoms with Crippen molar-refractivity contribution in [1.82, 2.24) is 4.98 Å². The van der Waals surface area contributed by atoms with Gasteiger partial charge in [0.1, 0.15) is 5.52 Å². The lowest BCUT2D eigenvalue weighted by Crippen LogP contribution is -2.32. The first-order valence-electron chi connectivity index (χ1n) is 7.89. The normalized spacial score (nSPS) is 15.0. The third kappa shape index (κ3) is 3.29. The van der Waals surface area contributed by atoms with Crippen LogP contribution < -0.4 is 10.2 Å². The molecule has 4 nitrogen and oxygen atoms in total. The Hall–Kier alpha value is -2.14. The van der Waals surface area contributed by atoms with E-state index in [1.54, 1.807) is 0 Å². The Morgan fingerprint density at radius 1 is 1.04 bits per heavy atom. The number of fused-ring (bicyclic) bond motifs is 1. The molecule has 0 radical (unpaired) electrons. The zero-order valence-electron chi connectivity index (χ0n) is 12.9. The molecule has 1 N–H and O–H groups in total. The summed E-state index contributed by atoms with van der Waals surface area (Å²) in [6, 6.07) is 17.1. The van der Waals surface area contributed by atoms with Gasteiger partial charge in [0.15, 0.2) is 5.58 Å². The number of hydrogen-bond acceptors (Lipinski definition) is 5. The van der Waals surface area contributed by atoms with Crippen LogP contribution in [0.3, 0.4) is 0 Å². The summed E-state index contributed by atoms with van der Waals surface area (Å²) in [6.07, 6.45) is 0. The predicted octanol–water partition coefficient (Wildman–Crippen LogP) is 3.99. The van der Waals surface area contributed by atoms with Crippen molar-refractivity contribution in [2.75, 3.05) is 34.8 Å². The first-order valence-corrected chi connectivity index (χ1v) is 9.05. The molecule has 2 heterocycles. The molecule has 0 amide bonds. The molecule has 0 bridgehead atoms. The zero-order chi connectivity index (χ0) is 15.5. The second kappa shape index (κ2) is 6.54. The minimum atomic E-state index is 0.573. The number of thioether (sulfide) groups is 1. The molecular weight excluding hydrogens is 306 g/mol. The third-order valence-corrected chi connectivity index (χ3v) is 4.99. The molecule has 0 saturated carbocycles. The molecule has 0 aliphatic carbocycles. The Kier molecular flexibility index (Phi) is 4.11. The number of nitrogens with one attached hydrogen (secondary N) is 1. The molecule has 1 saturated heterocycles. The van der Waals surface area contributed by atoms with E-state index in [4.69, 9.17) is 4.42 Å². The molecular formula is C18H19N3OS. The minimum Gasteiger partial charge on any atom is -0.424 e. The summed E-state index contributed by atoms with van der Waals surface area (Å²) in [6.45, 7) is 3.00. The van der Waals surface area contributed by atoms with Gasteiger partial charge in [-0.2, -0.15) is 16.7 Å². The highest BCUT2D eigenvalue weighted by Gasteiger charge is 2.11. The number of hydrogen-bond donors (Lipinski definition) is 1. The van der Waals surface area contributed by atoms with Crippen LogP contribution in [0.4, 0.5) is 11.7 Å². The van der Waals surface area contributed by atoms with Crippen LogP contribution in [0.2, 0.25) is 0 Å². The number of aromatic nitrogens is 1. The Labute approximate surface area is 139 Å². The summed E-state index contributed by atoms with van der Waals surface area (Å²) in [4.78, 5) is 6.88. The first-order chi connectivity index (χ1) is 11.4. The van der Waals surface area contributed by atoms with Crippen LogP contribution in [0, 0.1) is 0 Å². The standard InChI is InChI=1S/C18H19N3OS/c1-2-4-17-16(3-1)20-18(22-17)19-13-14-5-7-15(8-6-14)21-9-11-23-12-10-21/h1-8H,9-13H2,(H,19,20). The highest BCUT2D eigenvalue weighted by Crippen LogP contribution is 2.21. The van der Waals surface area contributed by atoms with Crippen LogP contribution in [0.25, 0.3) is 11.1 Å². The highest BCUT2D eigenvalue weighted by molar-refractivity contribution is 7.99. The van der Waals surface area contributed by atoms with Gasteiger partial charge in [0.2, 0.25) is 0 Å². The summed E-state index contributed by atoms with van der Waals surface area (Å²) >= 11 is 2.03. The molecule has 3 aromatic rings. The lowest BCUT2D eigenvalue weighted by atomic mass is 10.2. The molecule has 118 valence electrons. The van der Waals surface area contributed by atoms with Gasteiger partial charge in [0, 0.05) is 36.8 Å². The fourth-order valence-corrected chi connectivity index (χ4v) is 3.67. The van der Waals surface area contributed by atoms with Crippen molar-refractivity contribution in [3.8, 4) is 0 Å². The average Bonchev–Trinajstić information content (AvgIpc) is 3.04. The third-order valence-electron chi connectivity index (χ3n) is 4.05. The fraction of sp³-hybridized carbons (Fsp3) is 0.278. The van der Waals surface area contributed by atoms with Gasteiger partial charge in [-0.3, -0.25) is 0 Å². The number of benzene rings is 2. The lowest BCUT2D eigenvalue weighted by Gasteiger charge is -2.28. The van der Waals surface area contributed by atoms with E-state index >= 15 is 0 Å². The quantitative estimate of drug-likeness (QED) is 0.785. The molecule has 1 aliphatic heterocycles. The van der Waals surface area contributed by atoms with Crippen LogP contribution in [0.5, 0.6) is 0 Å². The van der Waals surface area contributed by atoms with E-state index in [-0.39, 0.29) is 0 Å². The van der Waals surface area contributed by atoms with Crippen molar-refractivity contribution < 1.29 is 4.42 Å². The van der Waals surface area contributed by atoms with Gasteiger partial charge in [0.25, 0.3) is 6.01 Å². The number of anilines is 2. The monoisotopic (exact) mass is 325 g/mol. The van der Waals surface area contributed by atoms with Crippen LogP contribution in [-0.2, 0) is 6.54 Å². The Morgan fingerprint density at radius 3 is 2.61 bits per heavy atom. The molecule has 1 aliphatic rings. The van der Waals surface area contributed by atoms with E-state index in [0.29, 0.717) is 12.6 Å². The fourth-order valence-electron chi connectivity index (χ4n) is 2.77. The van der Waals surface area contributed by atoms with Crippen LogP contribution in [0.15, 0.2) is 52.9 Å². The van der Waals surface area contributed by atoms with Crippen LogP contribution >= 0.6 is 11.8 Å². The van der Waals surface area contributed by atoms with Crippen molar-refractivity contribution in [2.24, 2.45) is 0 Å². The summed E-state index contributed by atoms with van der Waals surface area (Å²) < 4.78 is 5.68. The second-order valence-corrected chi connectivity index (χ2v) is 6.83. The minimum absolute atomic E-state index is 0.573. The van der Waals surface area contributed by atoms with Crippen molar-refractivity contribution >= 4 is 34.6 Å². The number of nitrogens with zero attached hydrogens (tertiary/aromatic N) is 2. The summed E-state index contributed by atoms with van der Waals surface area (Å²) in [5.41, 5.74) is 4.24. The second-order valence-electron chi connectivity index (χ2n) is 5.61. The van der Waals surface area contributed by atoms with Crippen molar-refractivity contribution in [2.45, 2.75) is 6.54 Å². The maximum atomic E-state index is 5.68. The van der Waals surface area contributed by atoms with Gasteiger partial charge >= 0.3 is 0 Å². The molecule has 0 spiro atoms. The van der Waals surface area contributed by atoms with Gasteiger partial charge in [-0.25, -0.2) is 0 Å². The molecule has 5 heteroatoms. The highest BCUT2D eigenvalue weighted by atomic mass is 32.2. The van der Waals surface area contributed by atoms with E-state index in [2.05, 4.69) is 39.5 Å². The Bertz CT molecular complexity index is 745. The van der Waals surface area contributed by atoms with Crippen molar-refractivity contribution in [3.05, 3.63) is 54.1 Å². The van der Waals surface area contributed by atoms with E-state index < -0.39 is 0 Å². The topological polar surface area (TPSA) is 41.3 Å². The van der Waals surface area contributed by atoms with Gasteiger partial charge in [-0.1, -0.05) is 24.3 Å². The van der Waals surface area contributed by atoms with Crippen LogP contribution in [-0.4, -0.2) is 29.6 Å². The molecule has 23 heavy (non-hydrogen) atoms.